The summed E-state index contributed by atoms with van der Waals surface area (Å²) in [5.41, 5.74) is 1.03. The van der Waals surface area contributed by atoms with Gasteiger partial charge in [0, 0.05) is 45.1 Å². The molecule has 0 unspecified atom stereocenters. The Morgan fingerprint density at radius 2 is 1.71 bits per heavy atom. The highest BCUT2D eigenvalue weighted by molar-refractivity contribution is 7.90. The standard InChI is InChI=1S/C23H37N3O4S/c1-24(2)23(20-9-6-5-7-10-20)13-11-22(12-14-23)19-25(16-18-31(4,28)29)21(27)26(22)15-8-17-30-3/h5-7,9-10H,8,11-19H2,1-4H3/t22-,23+. The van der Waals surface area contributed by atoms with Crippen molar-refractivity contribution in [2.75, 3.05) is 59.5 Å². The van der Waals surface area contributed by atoms with Crippen molar-refractivity contribution in [2.45, 2.75) is 43.2 Å². The highest BCUT2D eigenvalue weighted by atomic mass is 32.2. The number of benzene rings is 1. The molecule has 1 spiro atoms. The fraction of sp³-hybridized carbons (Fsp3) is 0.696. The van der Waals surface area contributed by atoms with E-state index in [0.29, 0.717) is 19.7 Å². The van der Waals surface area contributed by atoms with Gasteiger partial charge in [-0.25, -0.2) is 13.2 Å². The molecule has 2 fully saturated rings. The van der Waals surface area contributed by atoms with Crippen LogP contribution in [0.5, 0.6) is 0 Å². The molecule has 3 rings (SSSR count). The van der Waals surface area contributed by atoms with Gasteiger partial charge < -0.3 is 14.5 Å². The lowest BCUT2D eigenvalue weighted by molar-refractivity contribution is 0.0225. The van der Waals surface area contributed by atoms with Crippen LogP contribution < -0.4 is 0 Å². The lowest BCUT2D eigenvalue weighted by Gasteiger charge is -2.51. The predicted octanol–water partition coefficient (Wildman–Crippen LogP) is 2.58. The zero-order valence-corrected chi connectivity index (χ0v) is 20.2. The van der Waals surface area contributed by atoms with Gasteiger partial charge in [0.2, 0.25) is 0 Å². The van der Waals surface area contributed by atoms with E-state index in [-0.39, 0.29) is 29.4 Å². The van der Waals surface area contributed by atoms with Gasteiger partial charge in [-0.3, -0.25) is 4.90 Å². The average Bonchev–Trinajstić information content (AvgIpc) is 2.99. The average molecular weight is 452 g/mol. The molecule has 1 aromatic carbocycles. The van der Waals surface area contributed by atoms with Crippen molar-refractivity contribution >= 4 is 15.9 Å². The molecule has 174 valence electrons. The van der Waals surface area contributed by atoms with E-state index in [1.807, 2.05) is 11.0 Å². The fourth-order valence-electron chi connectivity index (χ4n) is 5.33. The Morgan fingerprint density at radius 1 is 1.06 bits per heavy atom. The van der Waals surface area contributed by atoms with E-state index in [9.17, 15) is 13.2 Å². The first-order chi connectivity index (χ1) is 14.6. The third-order valence-corrected chi connectivity index (χ3v) is 8.12. The third kappa shape index (κ3) is 5.07. The second-order valence-electron chi connectivity index (χ2n) is 9.35. The number of hydrogen-bond acceptors (Lipinski definition) is 5. The van der Waals surface area contributed by atoms with Crippen molar-refractivity contribution in [3.8, 4) is 0 Å². The summed E-state index contributed by atoms with van der Waals surface area (Å²) >= 11 is 0. The summed E-state index contributed by atoms with van der Waals surface area (Å²) in [4.78, 5) is 19.3. The molecule has 0 bridgehead atoms. The van der Waals surface area contributed by atoms with Crippen molar-refractivity contribution in [2.24, 2.45) is 0 Å². The van der Waals surface area contributed by atoms with E-state index in [2.05, 4.69) is 43.3 Å². The van der Waals surface area contributed by atoms with E-state index in [4.69, 9.17) is 4.74 Å². The molecule has 0 aromatic heterocycles. The maximum Gasteiger partial charge on any atom is 0.320 e. The second-order valence-corrected chi connectivity index (χ2v) is 11.6. The largest absolute Gasteiger partial charge is 0.385 e. The molecule has 31 heavy (non-hydrogen) atoms. The number of urea groups is 1. The zero-order valence-electron chi connectivity index (χ0n) is 19.3. The molecule has 2 amide bonds. The summed E-state index contributed by atoms with van der Waals surface area (Å²) in [6, 6.07) is 10.6. The Balaban J connectivity index is 1.83. The van der Waals surface area contributed by atoms with Crippen LogP contribution >= 0.6 is 0 Å². The van der Waals surface area contributed by atoms with Crippen LogP contribution in [0.25, 0.3) is 0 Å². The Kier molecular flexibility index (Phi) is 7.33. The molecule has 1 aliphatic heterocycles. The number of carbonyl (C=O) groups is 1. The van der Waals surface area contributed by atoms with Gasteiger partial charge in [0.05, 0.1) is 11.3 Å². The van der Waals surface area contributed by atoms with Gasteiger partial charge in [-0.1, -0.05) is 30.3 Å². The minimum absolute atomic E-state index is 0.00633. The van der Waals surface area contributed by atoms with Gasteiger partial charge in [0.1, 0.15) is 9.84 Å². The second kappa shape index (κ2) is 9.46. The van der Waals surface area contributed by atoms with E-state index in [0.717, 1.165) is 32.1 Å². The fourth-order valence-corrected chi connectivity index (χ4v) is 5.88. The molecule has 0 atom stereocenters. The summed E-state index contributed by atoms with van der Waals surface area (Å²) < 4.78 is 28.6. The Labute approximate surface area is 187 Å². The lowest BCUT2D eigenvalue weighted by atomic mass is 9.68. The van der Waals surface area contributed by atoms with Crippen LogP contribution in [0, 0.1) is 0 Å². The number of carbonyl (C=O) groups excluding carboxylic acids is 1. The van der Waals surface area contributed by atoms with E-state index < -0.39 is 9.84 Å². The first-order valence-electron chi connectivity index (χ1n) is 11.1. The summed E-state index contributed by atoms with van der Waals surface area (Å²) in [7, 11) is 2.83. The van der Waals surface area contributed by atoms with Crippen LogP contribution in [-0.4, -0.2) is 94.1 Å². The van der Waals surface area contributed by atoms with Gasteiger partial charge in [-0.2, -0.15) is 0 Å². The van der Waals surface area contributed by atoms with Crippen LogP contribution in [0.4, 0.5) is 4.79 Å². The molecule has 0 radical (unpaired) electrons. The van der Waals surface area contributed by atoms with Crippen molar-refractivity contribution < 1.29 is 17.9 Å². The molecule has 1 aliphatic carbocycles. The molecule has 7 nitrogen and oxygen atoms in total. The number of rotatable bonds is 9. The van der Waals surface area contributed by atoms with Gasteiger partial charge in [-0.05, 0) is 51.8 Å². The van der Waals surface area contributed by atoms with Crippen molar-refractivity contribution in [1.82, 2.24) is 14.7 Å². The summed E-state index contributed by atoms with van der Waals surface area (Å²) in [6.07, 6.45) is 5.71. The monoisotopic (exact) mass is 451 g/mol. The van der Waals surface area contributed by atoms with Gasteiger partial charge >= 0.3 is 6.03 Å². The van der Waals surface area contributed by atoms with Crippen molar-refractivity contribution in [3.63, 3.8) is 0 Å². The summed E-state index contributed by atoms with van der Waals surface area (Å²) in [6.45, 7) is 2.11. The number of ether oxygens (including phenoxy) is 1. The topological polar surface area (TPSA) is 70.2 Å². The third-order valence-electron chi connectivity index (χ3n) is 7.20. The molecule has 1 aromatic rings. The minimum atomic E-state index is -3.12. The van der Waals surface area contributed by atoms with Gasteiger partial charge in [-0.15, -0.1) is 0 Å². The maximum atomic E-state index is 13.3. The molecule has 1 heterocycles. The normalized spacial score (nSPS) is 26.9. The quantitative estimate of drug-likeness (QED) is 0.540. The van der Waals surface area contributed by atoms with Crippen LogP contribution in [0.3, 0.4) is 0 Å². The Hall–Kier alpha value is -1.64. The number of amides is 2. The van der Waals surface area contributed by atoms with Crippen LogP contribution in [0.15, 0.2) is 30.3 Å². The molecular weight excluding hydrogens is 414 g/mol. The highest BCUT2D eigenvalue weighted by Crippen LogP contribution is 2.48. The number of hydrogen-bond donors (Lipinski definition) is 0. The molecule has 1 saturated carbocycles. The highest BCUT2D eigenvalue weighted by Gasteiger charge is 2.54. The van der Waals surface area contributed by atoms with Crippen molar-refractivity contribution in [1.29, 1.82) is 0 Å². The summed E-state index contributed by atoms with van der Waals surface area (Å²) in [5, 5.41) is 0. The first-order valence-corrected chi connectivity index (χ1v) is 13.2. The van der Waals surface area contributed by atoms with E-state index in [1.165, 1.54) is 11.8 Å². The Bertz CT molecular complexity index is 849. The first kappa shape index (κ1) is 24.0. The van der Waals surface area contributed by atoms with Crippen LogP contribution in [0.1, 0.15) is 37.7 Å². The van der Waals surface area contributed by atoms with Crippen LogP contribution in [-0.2, 0) is 20.1 Å². The molecular formula is C23H37N3O4S. The summed E-state index contributed by atoms with van der Waals surface area (Å²) in [5.74, 6) is 0.00633. The molecule has 8 heteroatoms. The minimum Gasteiger partial charge on any atom is -0.385 e. The molecule has 0 N–H and O–H groups in total. The number of sulfone groups is 1. The SMILES string of the molecule is COCCCN1C(=O)N(CCS(C)(=O)=O)C[C@]12CC[C@](c1ccccc1)(N(C)C)CC2. The van der Waals surface area contributed by atoms with E-state index in [1.54, 1.807) is 12.0 Å². The maximum absolute atomic E-state index is 13.3. The number of nitrogens with zero attached hydrogens (tertiary/aromatic N) is 3. The molecule has 2 aliphatic rings. The predicted molar refractivity (Wildman–Crippen MR) is 123 cm³/mol. The van der Waals surface area contributed by atoms with Gasteiger partial charge in [0.15, 0.2) is 0 Å². The van der Waals surface area contributed by atoms with E-state index >= 15 is 0 Å². The van der Waals surface area contributed by atoms with Crippen molar-refractivity contribution in [3.05, 3.63) is 35.9 Å². The lowest BCUT2D eigenvalue weighted by Crippen LogP contribution is -2.55. The Morgan fingerprint density at radius 3 is 2.26 bits per heavy atom. The smallest absolute Gasteiger partial charge is 0.320 e. The molecule has 1 saturated heterocycles. The number of methoxy groups -OCH3 is 1. The zero-order chi connectivity index (χ0) is 22.7. The van der Waals surface area contributed by atoms with Crippen LogP contribution in [0.2, 0.25) is 0 Å². The van der Waals surface area contributed by atoms with Gasteiger partial charge in [0.25, 0.3) is 0 Å².